The molecule has 1 amide bonds. The molecule has 0 saturated carbocycles. The number of rotatable bonds is 11. The highest BCUT2D eigenvalue weighted by Crippen LogP contribution is 2.22. The van der Waals surface area contributed by atoms with E-state index in [1.54, 1.807) is 0 Å². The molecule has 0 aliphatic heterocycles. The lowest BCUT2D eigenvalue weighted by Crippen LogP contribution is -2.48. The van der Waals surface area contributed by atoms with Gasteiger partial charge in [0.1, 0.15) is 17.4 Å². The maximum atomic E-state index is 13.8. The van der Waals surface area contributed by atoms with E-state index in [-0.39, 0.29) is 34.7 Å². The summed E-state index contributed by atoms with van der Waals surface area (Å²) in [6.45, 7) is 0.482. The molecule has 0 aliphatic rings. The molecule has 0 spiro atoms. The number of carbonyl (C=O) groups excluding carboxylic acids is 1. The fourth-order valence-corrected chi connectivity index (χ4v) is 4.85. The number of aliphatic hydroxyl groups is 1. The number of hydrogen-bond donors (Lipinski definition) is 4. The smallest absolute Gasteiger partial charge is 0.255 e. The van der Waals surface area contributed by atoms with Gasteiger partial charge in [0, 0.05) is 22.7 Å². The first kappa shape index (κ1) is 28.9. The Morgan fingerprint density at radius 1 is 1.08 bits per heavy atom. The number of benzene rings is 3. The zero-order valence-corrected chi connectivity index (χ0v) is 22.7. The molecule has 8 nitrogen and oxygen atoms in total. The van der Waals surface area contributed by atoms with Crippen LogP contribution < -0.4 is 20.5 Å². The second-order valence-electron chi connectivity index (χ2n) is 8.30. The Labute approximate surface area is 227 Å². The van der Waals surface area contributed by atoms with Gasteiger partial charge in [-0.15, -0.1) is 0 Å². The van der Waals surface area contributed by atoms with Crippen LogP contribution in [0.5, 0.6) is 5.75 Å². The third-order valence-corrected chi connectivity index (χ3v) is 7.06. The number of ether oxygens (including phenoxy) is 1. The van der Waals surface area contributed by atoms with Crippen LogP contribution in [0.1, 0.15) is 21.5 Å². The van der Waals surface area contributed by atoms with Crippen LogP contribution in [-0.4, -0.2) is 45.2 Å². The molecule has 3 aromatic carbocycles. The molecule has 5 N–H and O–H groups in total. The summed E-state index contributed by atoms with van der Waals surface area (Å²) in [5.41, 5.74) is 1.06. The van der Waals surface area contributed by atoms with E-state index >= 15 is 0 Å². The van der Waals surface area contributed by atoms with Crippen molar-refractivity contribution in [1.82, 2.24) is 10.6 Å². The lowest BCUT2D eigenvalue weighted by atomic mass is 10.00. The first-order valence-electron chi connectivity index (χ1n) is 11.1. The fraction of sp³-hybridized carbons (Fsp3) is 0.240. The van der Waals surface area contributed by atoms with Gasteiger partial charge in [-0.05, 0) is 82.6 Å². The molecular weight excluding hydrogens is 619 g/mol. The van der Waals surface area contributed by atoms with Gasteiger partial charge in [-0.25, -0.2) is 22.3 Å². The van der Waals surface area contributed by atoms with Crippen molar-refractivity contribution in [3.63, 3.8) is 0 Å². The van der Waals surface area contributed by atoms with Gasteiger partial charge in [-0.3, -0.25) is 4.79 Å². The van der Waals surface area contributed by atoms with E-state index in [4.69, 9.17) is 9.88 Å². The Morgan fingerprint density at radius 3 is 2.41 bits per heavy atom. The lowest BCUT2D eigenvalue weighted by molar-refractivity contribution is 0.0827. The molecule has 0 radical (unpaired) electrons. The van der Waals surface area contributed by atoms with E-state index in [0.717, 1.165) is 33.4 Å². The van der Waals surface area contributed by atoms with Crippen molar-refractivity contribution in [1.29, 1.82) is 0 Å². The van der Waals surface area contributed by atoms with Crippen LogP contribution in [-0.2, 0) is 23.0 Å². The molecule has 12 heteroatoms. The summed E-state index contributed by atoms with van der Waals surface area (Å²) in [5, 5.41) is 21.9. The zero-order chi connectivity index (χ0) is 27.2. The van der Waals surface area contributed by atoms with Gasteiger partial charge in [0.2, 0.25) is 10.0 Å². The summed E-state index contributed by atoms with van der Waals surface area (Å²) in [4.78, 5) is 12.9. The number of methoxy groups -OCH3 is 1. The van der Waals surface area contributed by atoms with Crippen molar-refractivity contribution in [2.24, 2.45) is 5.14 Å². The Kier molecular flexibility index (Phi) is 9.95. The van der Waals surface area contributed by atoms with Gasteiger partial charge in [0.25, 0.3) is 5.91 Å². The van der Waals surface area contributed by atoms with Crippen molar-refractivity contribution in [2.75, 3.05) is 13.7 Å². The number of carbonyl (C=O) groups is 1. The molecule has 3 rings (SSSR count). The van der Waals surface area contributed by atoms with Crippen LogP contribution in [0.25, 0.3) is 0 Å². The predicted octanol–water partition coefficient (Wildman–Crippen LogP) is 2.72. The Balaban J connectivity index is 1.83. The Hall–Kier alpha value is -2.65. The van der Waals surface area contributed by atoms with Crippen LogP contribution in [0.15, 0.2) is 65.6 Å². The average molecular weight is 645 g/mol. The highest BCUT2D eigenvalue weighted by Gasteiger charge is 2.25. The fourth-order valence-electron chi connectivity index (χ4n) is 3.71. The number of primary sulfonamides is 1. The minimum absolute atomic E-state index is 0.0442. The topological polar surface area (TPSA) is 131 Å². The van der Waals surface area contributed by atoms with Gasteiger partial charge in [0.05, 0.1) is 29.7 Å². The largest absolute Gasteiger partial charge is 0.496 e. The number of hydrogen-bond acceptors (Lipinski definition) is 6. The summed E-state index contributed by atoms with van der Waals surface area (Å²) in [7, 11) is -2.80. The van der Waals surface area contributed by atoms with E-state index in [1.165, 1.54) is 19.2 Å². The van der Waals surface area contributed by atoms with Crippen molar-refractivity contribution < 1.29 is 31.8 Å². The summed E-state index contributed by atoms with van der Waals surface area (Å²) in [6, 6.07) is 13.2. The van der Waals surface area contributed by atoms with Gasteiger partial charge < -0.3 is 20.5 Å². The van der Waals surface area contributed by atoms with Crippen LogP contribution in [0.2, 0.25) is 0 Å². The van der Waals surface area contributed by atoms with Crippen molar-refractivity contribution in [2.45, 2.75) is 30.0 Å². The molecular formula is C25H26F2IN3O5S. The monoisotopic (exact) mass is 645 g/mol. The van der Waals surface area contributed by atoms with Crippen LogP contribution in [0.3, 0.4) is 0 Å². The molecule has 0 aliphatic carbocycles. The molecule has 0 unspecified atom stereocenters. The molecule has 2 atom stereocenters. The van der Waals surface area contributed by atoms with E-state index < -0.39 is 39.7 Å². The minimum atomic E-state index is -4.11. The zero-order valence-electron chi connectivity index (χ0n) is 19.7. The van der Waals surface area contributed by atoms with E-state index in [1.807, 2.05) is 24.3 Å². The number of sulfonamides is 1. The quantitative estimate of drug-likeness (QED) is 0.238. The van der Waals surface area contributed by atoms with E-state index in [0.29, 0.717) is 6.54 Å². The molecule has 0 fully saturated rings. The van der Waals surface area contributed by atoms with Gasteiger partial charge in [-0.2, -0.15) is 0 Å². The Morgan fingerprint density at radius 2 is 1.78 bits per heavy atom. The second kappa shape index (κ2) is 12.7. The molecule has 0 bridgehead atoms. The molecule has 37 heavy (non-hydrogen) atoms. The summed E-state index contributed by atoms with van der Waals surface area (Å²) in [5.74, 6) is -2.28. The average Bonchev–Trinajstić information content (AvgIpc) is 2.82. The number of aliphatic hydroxyl groups excluding tert-OH is 1. The van der Waals surface area contributed by atoms with E-state index in [2.05, 4.69) is 33.2 Å². The highest BCUT2D eigenvalue weighted by atomic mass is 127. The van der Waals surface area contributed by atoms with Gasteiger partial charge in [-0.1, -0.05) is 12.1 Å². The molecule has 0 heterocycles. The van der Waals surface area contributed by atoms with Crippen molar-refractivity contribution in [3.05, 3.63) is 92.6 Å². The second-order valence-corrected chi connectivity index (χ2v) is 11.1. The number of amides is 1. The molecule has 0 saturated heterocycles. The SMILES string of the molecule is COc1ccc(S(N)(=O)=O)cc1C(=O)N[C@@H](Cc1cc(F)cc(F)c1)[C@H](O)CNCc1cccc(I)c1. The standard InChI is InChI=1S/C25H26F2IN3O5S/c1-36-24-6-5-20(37(29,34)35)12-21(24)25(33)31-22(10-16-7-17(26)11-18(27)8-16)23(32)14-30-13-15-3-2-4-19(28)9-15/h2-9,11-12,22-23,30,32H,10,13-14H2,1H3,(H,31,33)(H2,29,34,35)/t22-,23+/m0/s1. The number of nitrogens with one attached hydrogen (secondary N) is 2. The van der Waals surface area contributed by atoms with Gasteiger partial charge >= 0.3 is 0 Å². The van der Waals surface area contributed by atoms with Crippen LogP contribution >= 0.6 is 22.6 Å². The summed E-state index contributed by atoms with van der Waals surface area (Å²) < 4.78 is 57.4. The predicted molar refractivity (Wildman–Crippen MR) is 143 cm³/mol. The summed E-state index contributed by atoms with van der Waals surface area (Å²) in [6.07, 6.45) is -1.28. The van der Waals surface area contributed by atoms with Crippen molar-refractivity contribution in [3.8, 4) is 5.75 Å². The Bertz CT molecular complexity index is 1350. The third-order valence-electron chi connectivity index (χ3n) is 5.47. The van der Waals surface area contributed by atoms with E-state index in [9.17, 15) is 27.1 Å². The first-order chi connectivity index (χ1) is 17.5. The third kappa shape index (κ3) is 8.43. The molecule has 3 aromatic rings. The first-order valence-corrected chi connectivity index (χ1v) is 13.7. The van der Waals surface area contributed by atoms with Gasteiger partial charge in [0.15, 0.2) is 0 Å². The number of halogens is 3. The maximum Gasteiger partial charge on any atom is 0.255 e. The molecule has 198 valence electrons. The highest BCUT2D eigenvalue weighted by molar-refractivity contribution is 14.1. The normalized spacial score (nSPS) is 13.1. The maximum absolute atomic E-state index is 13.8. The number of nitrogens with two attached hydrogens (primary N) is 1. The van der Waals surface area contributed by atoms with Crippen molar-refractivity contribution >= 4 is 38.5 Å². The minimum Gasteiger partial charge on any atom is -0.496 e. The lowest BCUT2D eigenvalue weighted by Gasteiger charge is -2.25. The van der Waals surface area contributed by atoms with Crippen LogP contribution in [0, 0.1) is 15.2 Å². The summed E-state index contributed by atoms with van der Waals surface area (Å²) >= 11 is 2.19. The van der Waals surface area contributed by atoms with Crippen LogP contribution in [0.4, 0.5) is 8.78 Å². The molecule has 0 aromatic heterocycles.